The molecule has 1 atom stereocenters. The van der Waals surface area contributed by atoms with Gasteiger partial charge in [0.1, 0.15) is 6.10 Å². The predicted octanol–water partition coefficient (Wildman–Crippen LogP) is 2.74. The Morgan fingerprint density at radius 1 is 1.52 bits per heavy atom. The number of benzene rings is 1. The summed E-state index contributed by atoms with van der Waals surface area (Å²) in [6.07, 6.45) is 0.693. The lowest BCUT2D eigenvalue weighted by Gasteiger charge is -2.19. The van der Waals surface area contributed by atoms with E-state index < -0.39 is 0 Å². The highest BCUT2D eigenvalue weighted by atomic mass is 32.2. The third-order valence-electron chi connectivity index (χ3n) is 3.73. The second-order valence-corrected chi connectivity index (χ2v) is 7.03. The third kappa shape index (κ3) is 3.32. The fourth-order valence-electron chi connectivity index (χ4n) is 2.62. The van der Waals surface area contributed by atoms with Crippen LogP contribution in [0.2, 0.25) is 0 Å². The molecule has 1 saturated heterocycles. The van der Waals surface area contributed by atoms with Crippen molar-refractivity contribution >= 4 is 40.7 Å². The summed E-state index contributed by atoms with van der Waals surface area (Å²) >= 11 is 6.92. The molecule has 4 nitrogen and oxygen atoms in total. The fourth-order valence-corrected chi connectivity index (χ4v) is 3.70. The van der Waals surface area contributed by atoms with Gasteiger partial charge in [-0.15, -0.1) is 0 Å². The van der Waals surface area contributed by atoms with E-state index in [1.54, 1.807) is 4.90 Å². The molecule has 0 unspecified atom stereocenters. The second-order valence-electron chi connectivity index (χ2n) is 5.31. The summed E-state index contributed by atoms with van der Waals surface area (Å²) in [6.45, 7) is 2.96. The van der Waals surface area contributed by atoms with E-state index in [1.807, 2.05) is 24.8 Å². The predicted molar refractivity (Wildman–Crippen MR) is 90.2 cm³/mol. The molecule has 2 heterocycles. The van der Waals surface area contributed by atoms with Crippen LogP contribution in [0.4, 0.5) is 10.5 Å². The first-order valence-electron chi connectivity index (χ1n) is 7.05. The van der Waals surface area contributed by atoms with E-state index in [1.165, 1.54) is 16.9 Å². The number of amides is 1. The highest BCUT2D eigenvalue weighted by Crippen LogP contribution is 2.30. The first-order chi connectivity index (χ1) is 10.1. The summed E-state index contributed by atoms with van der Waals surface area (Å²) in [4.78, 5) is 14.5. The molecule has 6 heteroatoms. The summed E-state index contributed by atoms with van der Waals surface area (Å²) in [6, 6.07) is 6.30. The molecule has 0 aliphatic carbocycles. The van der Waals surface area contributed by atoms with Gasteiger partial charge < -0.3 is 10.1 Å². The van der Waals surface area contributed by atoms with Crippen molar-refractivity contribution in [2.24, 2.45) is 0 Å². The molecule has 1 aromatic rings. The monoisotopic (exact) mass is 322 g/mol. The van der Waals surface area contributed by atoms with Crippen LogP contribution >= 0.6 is 24.0 Å². The molecule has 3 rings (SSSR count). The molecule has 112 valence electrons. The molecule has 0 bridgehead atoms. The van der Waals surface area contributed by atoms with Crippen LogP contribution in [-0.4, -0.2) is 36.0 Å². The van der Waals surface area contributed by atoms with Crippen LogP contribution < -0.4 is 10.2 Å². The van der Waals surface area contributed by atoms with Gasteiger partial charge in [-0.25, -0.2) is 4.79 Å². The topological polar surface area (TPSA) is 41.6 Å². The van der Waals surface area contributed by atoms with E-state index in [9.17, 15) is 4.79 Å². The third-order valence-corrected chi connectivity index (χ3v) is 4.88. The van der Waals surface area contributed by atoms with Crippen LogP contribution in [0.1, 0.15) is 18.1 Å². The number of thiocarbonyl (C=S) groups is 1. The Kier molecular flexibility index (Phi) is 4.35. The largest absolute Gasteiger partial charge is 0.442 e. The second kappa shape index (κ2) is 6.23. The number of rotatable bonds is 3. The zero-order chi connectivity index (χ0) is 14.8. The van der Waals surface area contributed by atoms with Gasteiger partial charge in [0.25, 0.3) is 0 Å². The summed E-state index contributed by atoms with van der Waals surface area (Å²) < 4.78 is 5.38. The molecule has 0 radical (unpaired) electrons. The lowest BCUT2D eigenvalue weighted by Crippen LogP contribution is -2.32. The molecule has 0 spiro atoms. The summed E-state index contributed by atoms with van der Waals surface area (Å²) in [5.74, 6) is 2.21. The van der Waals surface area contributed by atoms with E-state index in [2.05, 4.69) is 17.4 Å². The van der Waals surface area contributed by atoms with E-state index in [0.717, 1.165) is 22.8 Å². The molecule has 1 aromatic carbocycles. The minimum atomic E-state index is -0.271. The number of nitrogens with one attached hydrogen (secondary N) is 1. The Balaban J connectivity index is 1.72. The Hall–Kier alpha value is -1.27. The number of hydrogen-bond acceptors (Lipinski definition) is 4. The van der Waals surface area contributed by atoms with Crippen molar-refractivity contribution in [3.05, 3.63) is 29.3 Å². The Morgan fingerprint density at radius 3 is 3.19 bits per heavy atom. The molecule has 1 amide bonds. The zero-order valence-electron chi connectivity index (χ0n) is 11.9. The maximum atomic E-state index is 12.0. The van der Waals surface area contributed by atoms with Gasteiger partial charge in [0.05, 0.1) is 18.1 Å². The van der Waals surface area contributed by atoms with Crippen LogP contribution in [0.25, 0.3) is 0 Å². The van der Waals surface area contributed by atoms with Gasteiger partial charge >= 0.3 is 6.09 Å². The average Bonchev–Trinajstić information content (AvgIpc) is 2.86. The molecule has 1 fully saturated rings. The van der Waals surface area contributed by atoms with Crippen molar-refractivity contribution in [3.8, 4) is 0 Å². The standard InChI is InChI=1S/C15H18N2O2S2/c1-10(20)16-7-14-8-17(15(18)19-14)13-3-2-11-4-5-21-9-12(11)6-13/h2-3,6,14H,4-5,7-9H2,1H3,(H,16,20)/t14-/m0/s1. The van der Waals surface area contributed by atoms with Crippen LogP contribution in [0, 0.1) is 0 Å². The van der Waals surface area contributed by atoms with Crippen LogP contribution in [0.5, 0.6) is 0 Å². The highest BCUT2D eigenvalue weighted by Gasteiger charge is 2.32. The smallest absolute Gasteiger partial charge is 0.414 e. The number of aryl methyl sites for hydroxylation is 1. The number of anilines is 1. The first kappa shape index (κ1) is 14.7. The number of cyclic esters (lactones) is 1. The van der Waals surface area contributed by atoms with Gasteiger partial charge in [-0.3, -0.25) is 4.90 Å². The van der Waals surface area contributed by atoms with Gasteiger partial charge in [0.2, 0.25) is 0 Å². The lowest BCUT2D eigenvalue weighted by atomic mass is 10.0. The van der Waals surface area contributed by atoms with Crippen LogP contribution in [0.3, 0.4) is 0 Å². The quantitative estimate of drug-likeness (QED) is 0.867. The number of thioether (sulfide) groups is 1. The number of hydrogen-bond donors (Lipinski definition) is 1. The Labute approximate surface area is 134 Å². The van der Waals surface area contributed by atoms with Gasteiger partial charge in [-0.2, -0.15) is 11.8 Å². The minimum Gasteiger partial charge on any atom is -0.442 e. The molecular weight excluding hydrogens is 304 g/mol. The first-order valence-corrected chi connectivity index (χ1v) is 8.62. The Morgan fingerprint density at radius 2 is 2.38 bits per heavy atom. The maximum Gasteiger partial charge on any atom is 0.414 e. The van der Waals surface area contributed by atoms with Crippen molar-refractivity contribution in [1.82, 2.24) is 5.32 Å². The van der Waals surface area contributed by atoms with E-state index in [-0.39, 0.29) is 12.2 Å². The number of fused-ring (bicyclic) bond motifs is 1. The molecule has 2 aliphatic rings. The number of carbonyl (C=O) groups is 1. The van der Waals surface area contributed by atoms with Crippen molar-refractivity contribution in [1.29, 1.82) is 0 Å². The molecule has 21 heavy (non-hydrogen) atoms. The normalized spacial score (nSPS) is 20.9. The molecular formula is C15H18N2O2S2. The van der Waals surface area contributed by atoms with Crippen molar-refractivity contribution in [2.45, 2.75) is 25.2 Å². The summed E-state index contributed by atoms with van der Waals surface area (Å²) in [5, 5.41) is 3.05. The number of ether oxygens (including phenoxy) is 1. The van der Waals surface area contributed by atoms with Gasteiger partial charge in [-0.1, -0.05) is 18.3 Å². The van der Waals surface area contributed by atoms with E-state index in [4.69, 9.17) is 17.0 Å². The van der Waals surface area contributed by atoms with Crippen molar-refractivity contribution < 1.29 is 9.53 Å². The minimum absolute atomic E-state index is 0.152. The zero-order valence-corrected chi connectivity index (χ0v) is 13.6. The number of carbonyl (C=O) groups excluding carboxylic acids is 1. The van der Waals surface area contributed by atoms with Gasteiger partial charge in [-0.05, 0) is 42.4 Å². The Bertz CT molecular complexity index is 577. The molecule has 1 N–H and O–H groups in total. The lowest BCUT2D eigenvalue weighted by molar-refractivity contribution is 0.143. The van der Waals surface area contributed by atoms with E-state index >= 15 is 0 Å². The molecule has 0 aromatic heterocycles. The van der Waals surface area contributed by atoms with Gasteiger partial charge in [0, 0.05) is 11.4 Å². The van der Waals surface area contributed by atoms with Crippen molar-refractivity contribution in [2.75, 3.05) is 23.7 Å². The SMILES string of the molecule is CC(=S)NC[C@H]1CN(c2ccc3c(c2)CSCC3)C(=O)O1. The fraction of sp³-hybridized carbons (Fsp3) is 0.467. The highest BCUT2D eigenvalue weighted by molar-refractivity contribution is 7.98. The maximum absolute atomic E-state index is 12.0. The average molecular weight is 322 g/mol. The van der Waals surface area contributed by atoms with Crippen LogP contribution in [-0.2, 0) is 16.9 Å². The van der Waals surface area contributed by atoms with E-state index in [0.29, 0.717) is 13.1 Å². The molecule has 2 aliphatic heterocycles. The number of nitrogens with zero attached hydrogens (tertiary/aromatic N) is 1. The summed E-state index contributed by atoms with van der Waals surface area (Å²) in [7, 11) is 0. The van der Waals surface area contributed by atoms with Gasteiger partial charge in [0.15, 0.2) is 0 Å². The van der Waals surface area contributed by atoms with Crippen LogP contribution in [0.15, 0.2) is 18.2 Å². The van der Waals surface area contributed by atoms with Crippen molar-refractivity contribution in [3.63, 3.8) is 0 Å². The molecule has 0 saturated carbocycles. The summed E-state index contributed by atoms with van der Waals surface area (Å²) in [5.41, 5.74) is 3.68.